The molecule has 0 aliphatic heterocycles. The molecule has 1 amide bonds. The van der Waals surface area contributed by atoms with Gasteiger partial charge in [-0.3, -0.25) is 10.1 Å². The topological polar surface area (TPSA) is 115 Å². The van der Waals surface area contributed by atoms with Crippen molar-refractivity contribution < 1.29 is 9.53 Å². The molecule has 0 fully saturated rings. The minimum Gasteiger partial charge on any atom is -0.494 e. The first-order valence-electron chi connectivity index (χ1n) is 12.4. The van der Waals surface area contributed by atoms with Crippen LogP contribution in [0.2, 0.25) is 5.02 Å². The molecule has 200 valence electrons. The number of nitrogens with zero attached hydrogens (tertiary/aromatic N) is 6. The highest BCUT2D eigenvalue weighted by Crippen LogP contribution is 2.30. The number of nitrogens with one attached hydrogen (secondary N) is 2. The van der Waals surface area contributed by atoms with E-state index in [2.05, 4.69) is 63.4 Å². The standard InChI is InChI=1S/C28H29ClN8O2/c1-28(2,3)19-10-12-21(13-11-19)30-27-36(4)24-22(14-20(29)15-23(24)39-5)37(27)16-17-6-8-18(9-7-17)25(38)31-26-32-34-35-33-26/h6-15H,16H2,1-5H3,(H2,31,32,33,34,35,38). The van der Waals surface area contributed by atoms with E-state index < -0.39 is 0 Å². The first-order chi connectivity index (χ1) is 18.6. The van der Waals surface area contributed by atoms with Crippen LogP contribution in [0.25, 0.3) is 11.0 Å². The van der Waals surface area contributed by atoms with Crippen molar-refractivity contribution >= 4 is 40.2 Å². The molecule has 0 saturated heterocycles. The molecule has 0 unspecified atom stereocenters. The van der Waals surface area contributed by atoms with Gasteiger partial charge in [0.2, 0.25) is 5.62 Å². The molecule has 0 aliphatic carbocycles. The van der Waals surface area contributed by atoms with E-state index in [9.17, 15) is 4.79 Å². The maximum atomic E-state index is 12.5. The predicted molar refractivity (Wildman–Crippen MR) is 151 cm³/mol. The van der Waals surface area contributed by atoms with Gasteiger partial charge >= 0.3 is 0 Å². The van der Waals surface area contributed by atoms with Crippen molar-refractivity contribution in [2.45, 2.75) is 32.7 Å². The van der Waals surface area contributed by atoms with Crippen molar-refractivity contribution in [2.24, 2.45) is 12.0 Å². The summed E-state index contributed by atoms with van der Waals surface area (Å²) in [5, 5.41) is 16.4. The highest BCUT2D eigenvalue weighted by Gasteiger charge is 2.17. The number of benzene rings is 3. The number of hydrogen-bond donors (Lipinski definition) is 2. The Kier molecular flexibility index (Phi) is 6.96. The van der Waals surface area contributed by atoms with Gasteiger partial charge < -0.3 is 13.9 Å². The predicted octanol–water partition coefficient (Wildman–Crippen LogP) is 4.99. The van der Waals surface area contributed by atoms with Gasteiger partial charge in [-0.25, -0.2) is 4.99 Å². The van der Waals surface area contributed by atoms with Crippen LogP contribution in [0.1, 0.15) is 42.3 Å². The number of H-pyrrole nitrogens is 1. The van der Waals surface area contributed by atoms with Crippen LogP contribution in [-0.2, 0) is 19.0 Å². The molecule has 0 spiro atoms. The Morgan fingerprint density at radius 3 is 2.44 bits per heavy atom. The molecule has 0 aliphatic rings. The average molecular weight is 545 g/mol. The lowest BCUT2D eigenvalue weighted by molar-refractivity contribution is 0.102. The number of anilines is 1. The van der Waals surface area contributed by atoms with E-state index >= 15 is 0 Å². The summed E-state index contributed by atoms with van der Waals surface area (Å²) in [7, 11) is 3.59. The van der Waals surface area contributed by atoms with E-state index in [1.807, 2.05) is 41.9 Å². The fraction of sp³-hybridized carbons (Fsp3) is 0.250. The third kappa shape index (κ3) is 5.42. The number of aryl methyl sites for hydroxylation is 1. The molecule has 0 radical (unpaired) electrons. The smallest absolute Gasteiger partial charge is 0.270 e. The molecule has 3 aromatic carbocycles. The minimum absolute atomic E-state index is 0.0524. The van der Waals surface area contributed by atoms with Gasteiger partial charge in [-0.05, 0) is 52.1 Å². The van der Waals surface area contributed by atoms with Crippen molar-refractivity contribution in [1.29, 1.82) is 0 Å². The van der Waals surface area contributed by atoms with E-state index in [4.69, 9.17) is 21.3 Å². The van der Waals surface area contributed by atoms with Crippen LogP contribution in [0.5, 0.6) is 5.75 Å². The number of hydrogen-bond acceptors (Lipinski definition) is 6. The SMILES string of the molecule is COc1cc(Cl)cc2c1n(C)c(=Nc1ccc(C(C)(C)C)cc1)n2Cc1ccc(C(=O)Nc2nn[nH]n2)cc1. The summed E-state index contributed by atoms with van der Waals surface area (Å²) in [6.45, 7) is 7.06. The number of aromatic nitrogens is 6. The monoisotopic (exact) mass is 544 g/mol. The number of carbonyl (C=O) groups excluding carboxylic acids is 1. The second-order valence-corrected chi connectivity index (χ2v) is 10.7. The zero-order valence-electron chi connectivity index (χ0n) is 22.4. The van der Waals surface area contributed by atoms with Crippen molar-refractivity contribution in [3.05, 3.63) is 88.0 Å². The fourth-order valence-corrected chi connectivity index (χ4v) is 4.63. The molecule has 5 rings (SSSR count). The largest absolute Gasteiger partial charge is 0.494 e. The Bertz CT molecular complexity index is 1690. The molecule has 5 aromatic rings. The van der Waals surface area contributed by atoms with Gasteiger partial charge in [0.25, 0.3) is 11.9 Å². The van der Waals surface area contributed by atoms with Crippen LogP contribution in [0.15, 0.2) is 65.7 Å². The van der Waals surface area contributed by atoms with Crippen molar-refractivity contribution in [3.63, 3.8) is 0 Å². The molecule has 2 heterocycles. The van der Waals surface area contributed by atoms with Crippen molar-refractivity contribution in [2.75, 3.05) is 12.4 Å². The molecule has 10 nitrogen and oxygen atoms in total. The second kappa shape index (κ2) is 10.4. The van der Waals surface area contributed by atoms with E-state index in [0.29, 0.717) is 22.9 Å². The molecule has 2 aromatic heterocycles. The Morgan fingerprint density at radius 1 is 1.10 bits per heavy atom. The molecule has 0 saturated carbocycles. The molecule has 0 bridgehead atoms. The van der Waals surface area contributed by atoms with Crippen LogP contribution in [0.3, 0.4) is 0 Å². The van der Waals surface area contributed by atoms with Crippen LogP contribution >= 0.6 is 11.6 Å². The van der Waals surface area contributed by atoms with Crippen LogP contribution in [0, 0.1) is 0 Å². The molecule has 2 N–H and O–H groups in total. The first kappa shape index (κ1) is 26.2. The number of tetrazole rings is 1. The summed E-state index contributed by atoms with van der Waals surface area (Å²) in [6.07, 6.45) is 0. The molecular weight excluding hydrogens is 516 g/mol. The summed E-state index contributed by atoms with van der Waals surface area (Å²) >= 11 is 6.48. The highest BCUT2D eigenvalue weighted by atomic mass is 35.5. The number of amides is 1. The minimum atomic E-state index is -0.327. The second-order valence-electron chi connectivity index (χ2n) is 10.2. The lowest BCUT2D eigenvalue weighted by Gasteiger charge is -2.18. The number of rotatable bonds is 6. The molecule has 0 atom stereocenters. The van der Waals surface area contributed by atoms with Crippen LogP contribution in [-0.4, -0.2) is 42.8 Å². The van der Waals surface area contributed by atoms with Gasteiger partial charge in [0, 0.05) is 23.7 Å². The molecule has 39 heavy (non-hydrogen) atoms. The summed E-state index contributed by atoms with van der Waals surface area (Å²) in [4.78, 5) is 17.6. The third-order valence-corrected chi connectivity index (χ3v) is 6.72. The van der Waals surface area contributed by atoms with Crippen molar-refractivity contribution in [1.82, 2.24) is 29.8 Å². The van der Waals surface area contributed by atoms with Gasteiger partial charge in [0.05, 0.1) is 24.9 Å². The van der Waals surface area contributed by atoms with E-state index in [-0.39, 0.29) is 17.3 Å². The summed E-state index contributed by atoms with van der Waals surface area (Å²) in [5.41, 5.74) is 6.06. The zero-order chi connectivity index (χ0) is 27.7. The summed E-state index contributed by atoms with van der Waals surface area (Å²) in [6, 6.07) is 19.3. The Labute approximate surface area is 230 Å². The number of methoxy groups -OCH3 is 1. The number of carbonyl (C=O) groups is 1. The van der Waals surface area contributed by atoms with E-state index in [1.165, 1.54) is 5.56 Å². The number of fused-ring (bicyclic) bond motifs is 1. The normalized spacial score (nSPS) is 12.2. The number of ether oxygens (including phenoxy) is 1. The Balaban J connectivity index is 1.57. The maximum Gasteiger partial charge on any atom is 0.270 e. The van der Waals surface area contributed by atoms with Crippen molar-refractivity contribution in [3.8, 4) is 5.75 Å². The number of imidazole rings is 1. The van der Waals surface area contributed by atoms with Gasteiger partial charge in [-0.1, -0.05) is 61.7 Å². The Morgan fingerprint density at radius 2 is 1.82 bits per heavy atom. The lowest BCUT2D eigenvalue weighted by atomic mass is 9.87. The van der Waals surface area contributed by atoms with Gasteiger partial charge in [-0.2, -0.15) is 5.21 Å². The summed E-state index contributed by atoms with van der Waals surface area (Å²) < 4.78 is 9.78. The van der Waals surface area contributed by atoms with Gasteiger partial charge in [0.1, 0.15) is 11.3 Å². The average Bonchev–Trinajstić information content (AvgIpc) is 3.51. The van der Waals surface area contributed by atoms with Crippen LogP contribution in [0.4, 0.5) is 11.6 Å². The van der Waals surface area contributed by atoms with E-state index in [0.717, 1.165) is 27.9 Å². The van der Waals surface area contributed by atoms with Gasteiger partial charge in [-0.15, -0.1) is 5.10 Å². The fourth-order valence-electron chi connectivity index (χ4n) is 4.42. The lowest BCUT2D eigenvalue weighted by Crippen LogP contribution is -2.24. The highest BCUT2D eigenvalue weighted by molar-refractivity contribution is 6.31. The van der Waals surface area contributed by atoms with Gasteiger partial charge in [0.15, 0.2) is 0 Å². The quantitative estimate of drug-likeness (QED) is 0.312. The first-order valence-corrected chi connectivity index (χ1v) is 12.7. The zero-order valence-corrected chi connectivity index (χ0v) is 23.1. The summed E-state index contributed by atoms with van der Waals surface area (Å²) in [5.74, 6) is 0.446. The third-order valence-electron chi connectivity index (χ3n) is 6.50. The van der Waals surface area contributed by atoms with E-state index in [1.54, 1.807) is 25.3 Å². The number of aromatic amines is 1. The Hall–Kier alpha value is -4.44. The molecule has 11 heteroatoms. The number of halogens is 1. The van der Waals surface area contributed by atoms with Crippen LogP contribution < -0.4 is 15.7 Å². The molecular formula is C28H29ClN8O2. The maximum absolute atomic E-state index is 12.5.